The first-order valence-electron chi connectivity index (χ1n) is 4.75. The van der Waals surface area contributed by atoms with Crippen LogP contribution in [-0.2, 0) is 6.42 Å². The van der Waals surface area contributed by atoms with Gasteiger partial charge in [-0.3, -0.25) is 4.39 Å². The summed E-state index contributed by atoms with van der Waals surface area (Å²) in [4.78, 5) is 0. The first-order chi connectivity index (χ1) is 6.36. The van der Waals surface area contributed by atoms with Crippen molar-refractivity contribution in [2.75, 3.05) is 18.5 Å². The number of hydrogen-bond acceptors (Lipinski definition) is 1. The van der Waals surface area contributed by atoms with Gasteiger partial charge in [-0.15, -0.1) is 0 Å². The van der Waals surface area contributed by atoms with Crippen LogP contribution in [0.1, 0.15) is 18.9 Å². The number of nitrogens with one attached hydrogen (secondary N) is 1. The van der Waals surface area contributed by atoms with Crippen LogP contribution in [0.4, 0.5) is 10.1 Å². The maximum atomic E-state index is 11.8. The Bertz CT molecular complexity index is 248. The van der Waals surface area contributed by atoms with Crippen molar-refractivity contribution in [1.82, 2.24) is 0 Å². The number of aryl methyl sites for hydroxylation is 1. The molecule has 0 unspecified atom stereocenters. The summed E-state index contributed by atoms with van der Waals surface area (Å²) in [5.41, 5.74) is 2.40. The second-order valence-corrected chi connectivity index (χ2v) is 3.02. The molecule has 0 fully saturated rings. The Balaban J connectivity index is 2.46. The molecule has 0 radical (unpaired) electrons. The van der Waals surface area contributed by atoms with Crippen LogP contribution in [0.3, 0.4) is 0 Å². The fourth-order valence-electron chi connectivity index (χ4n) is 1.20. The average molecular weight is 181 g/mol. The third-order valence-electron chi connectivity index (χ3n) is 1.97. The molecule has 1 nitrogen and oxygen atoms in total. The van der Waals surface area contributed by atoms with E-state index in [1.54, 1.807) is 0 Å². The van der Waals surface area contributed by atoms with E-state index in [0.29, 0.717) is 13.0 Å². The Kier molecular flexibility index (Phi) is 4.30. The van der Waals surface area contributed by atoms with Gasteiger partial charge in [-0.1, -0.05) is 19.1 Å². The second-order valence-electron chi connectivity index (χ2n) is 3.02. The molecule has 0 aliphatic carbocycles. The van der Waals surface area contributed by atoms with Gasteiger partial charge in [-0.2, -0.15) is 0 Å². The Morgan fingerprint density at radius 2 is 2.23 bits per heavy atom. The lowest BCUT2D eigenvalue weighted by Crippen LogP contribution is -2.02. The van der Waals surface area contributed by atoms with Crippen LogP contribution in [0, 0.1) is 0 Å². The Hall–Kier alpha value is -1.05. The normalized spacial score (nSPS) is 10.0. The number of anilines is 1. The van der Waals surface area contributed by atoms with Crippen LogP contribution in [0.25, 0.3) is 0 Å². The zero-order valence-corrected chi connectivity index (χ0v) is 8.02. The van der Waals surface area contributed by atoms with Crippen molar-refractivity contribution in [3.05, 3.63) is 29.8 Å². The monoisotopic (exact) mass is 181 g/mol. The van der Waals surface area contributed by atoms with Crippen LogP contribution < -0.4 is 5.32 Å². The first kappa shape index (κ1) is 10.0. The van der Waals surface area contributed by atoms with E-state index in [-0.39, 0.29) is 6.67 Å². The highest BCUT2D eigenvalue weighted by molar-refractivity contribution is 5.45. The Labute approximate surface area is 79.0 Å². The van der Waals surface area contributed by atoms with E-state index < -0.39 is 0 Å². The van der Waals surface area contributed by atoms with Crippen LogP contribution >= 0.6 is 0 Å². The van der Waals surface area contributed by atoms with Gasteiger partial charge in [0.2, 0.25) is 0 Å². The van der Waals surface area contributed by atoms with Crippen molar-refractivity contribution in [2.45, 2.75) is 19.8 Å². The molecule has 1 aromatic carbocycles. The maximum Gasteiger partial charge on any atom is 0.0911 e. The molecule has 0 atom stereocenters. The molecular weight excluding hydrogens is 165 g/mol. The van der Waals surface area contributed by atoms with E-state index in [9.17, 15) is 4.39 Å². The van der Waals surface area contributed by atoms with E-state index >= 15 is 0 Å². The lowest BCUT2D eigenvalue weighted by Gasteiger charge is -2.05. The van der Waals surface area contributed by atoms with Crippen molar-refractivity contribution in [1.29, 1.82) is 0 Å². The van der Waals surface area contributed by atoms with E-state index in [2.05, 4.69) is 24.4 Å². The molecule has 0 aromatic heterocycles. The fraction of sp³-hybridized carbons (Fsp3) is 0.455. The Morgan fingerprint density at radius 3 is 2.92 bits per heavy atom. The maximum absolute atomic E-state index is 11.8. The molecular formula is C11H16FN. The van der Waals surface area contributed by atoms with Crippen LogP contribution in [0.15, 0.2) is 24.3 Å². The number of benzene rings is 1. The van der Waals surface area contributed by atoms with Crippen molar-refractivity contribution >= 4 is 5.69 Å². The van der Waals surface area contributed by atoms with Crippen molar-refractivity contribution in [2.24, 2.45) is 0 Å². The molecule has 1 aromatic rings. The average Bonchev–Trinajstić information content (AvgIpc) is 2.19. The predicted octanol–water partition coefficient (Wildman–Crippen LogP) is 3.02. The minimum absolute atomic E-state index is 0.250. The highest BCUT2D eigenvalue weighted by Crippen LogP contribution is 2.10. The minimum atomic E-state index is -0.250. The molecule has 0 bridgehead atoms. The van der Waals surface area contributed by atoms with Crippen molar-refractivity contribution < 1.29 is 4.39 Å². The highest BCUT2D eigenvalue weighted by atomic mass is 19.1. The van der Waals surface area contributed by atoms with Gasteiger partial charge >= 0.3 is 0 Å². The zero-order chi connectivity index (χ0) is 9.52. The first-order valence-corrected chi connectivity index (χ1v) is 4.75. The second kappa shape index (κ2) is 5.57. The van der Waals surface area contributed by atoms with Gasteiger partial charge in [-0.05, 0) is 30.5 Å². The summed E-state index contributed by atoms with van der Waals surface area (Å²) < 4.78 is 11.8. The molecule has 1 rings (SSSR count). The quantitative estimate of drug-likeness (QED) is 0.688. The molecule has 0 heterocycles. The molecule has 2 heteroatoms. The third kappa shape index (κ3) is 3.45. The van der Waals surface area contributed by atoms with Gasteiger partial charge in [0.25, 0.3) is 0 Å². The van der Waals surface area contributed by atoms with E-state index in [1.807, 2.05) is 12.1 Å². The minimum Gasteiger partial charge on any atom is -0.385 e. The van der Waals surface area contributed by atoms with E-state index in [4.69, 9.17) is 0 Å². The summed E-state index contributed by atoms with van der Waals surface area (Å²) in [5.74, 6) is 0. The summed E-state index contributed by atoms with van der Waals surface area (Å²) in [6.45, 7) is 2.59. The Morgan fingerprint density at radius 1 is 1.38 bits per heavy atom. The van der Waals surface area contributed by atoms with Gasteiger partial charge in [0.05, 0.1) is 6.67 Å². The summed E-state index contributed by atoms with van der Waals surface area (Å²) in [6, 6.07) is 8.24. The van der Waals surface area contributed by atoms with Crippen molar-refractivity contribution in [3.8, 4) is 0 Å². The number of rotatable bonds is 5. The SMILES string of the molecule is CCc1cccc(NCCCF)c1. The summed E-state index contributed by atoms with van der Waals surface area (Å²) in [5, 5.41) is 3.18. The molecule has 0 saturated carbocycles. The summed E-state index contributed by atoms with van der Waals surface area (Å²) in [6.07, 6.45) is 1.62. The van der Waals surface area contributed by atoms with Gasteiger partial charge in [0, 0.05) is 12.2 Å². The standard InChI is InChI=1S/C11H16FN/c1-2-10-5-3-6-11(9-10)13-8-4-7-12/h3,5-6,9,13H,2,4,7-8H2,1H3. The van der Waals surface area contributed by atoms with E-state index in [0.717, 1.165) is 12.1 Å². The number of hydrogen-bond donors (Lipinski definition) is 1. The van der Waals surface area contributed by atoms with Gasteiger partial charge < -0.3 is 5.32 Å². The largest absolute Gasteiger partial charge is 0.385 e. The molecule has 72 valence electrons. The van der Waals surface area contributed by atoms with Gasteiger partial charge in [0.15, 0.2) is 0 Å². The summed E-state index contributed by atoms with van der Waals surface area (Å²) >= 11 is 0. The zero-order valence-electron chi connectivity index (χ0n) is 8.02. The van der Waals surface area contributed by atoms with Gasteiger partial charge in [-0.25, -0.2) is 0 Å². The number of alkyl halides is 1. The fourth-order valence-corrected chi connectivity index (χ4v) is 1.20. The molecule has 0 amide bonds. The topological polar surface area (TPSA) is 12.0 Å². The molecule has 0 spiro atoms. The molecule has 0 aliphatic rings. The summed E-state index contributed by atoms with van der Waals surface area (Å²) in [7, 11) is 0. The van der Waals surface area contributed by atoms with Crippen LogP contribution in [-0.4, -0.2) is 13.2 Å². The predicted molar refractivity (Wildman–Crippen MR) is 54.9 cm³/mol. The third-order valence-corrected chi connectivity index (χ3v) is 1.97. The molecule has 0 aliphatic heterocycles. The smallest absolute Gasteiger partial charge is 0.0911 e. The van der Waals surface area contributed by atoms with Crippen LogP contribution in [0.2, 0.25) is 0 Å². The molecule has 1 N–H and O–H groups in total. The molecule has 0 saturated heterocycles. The lowest BCUT2D eigenvalue weighted by molar-refractivity contribution is 0.481. The van der Waals surface area contributed by atoms with Crippen molar-refractivity contribution in [3.63, 3.8) is 0 Å². The highest BCUT2D eigenvalue weighted by Gasteiger charge is 1.92. The van der Waals surface area contributed by atoms with Crippen LogP contribution in [0.5, 0.6) is 0 Å². The lowest BCUT2D eigenvalue weighted by atomic mass is 10.1. The molecule has 13 heavy (non-hydrogen) atoms. The van der Waals surface area contributed by atoms with E-state index in [1.165, 1.54) is 5.56 Å². The number of halogens is 1. The van der Waals surface area contributed by atoms with Gasteiger partial charge in [0.1, 0.15) is 0 Å².